The van der Waals surface area contributed by atoms with Crippen LogP contribution < -0.4 is 5.73 Å². The highest BCUT2D eigenvalue weighted by Crippen LogP contribution is 2.28. The SMILES string of the molecule is CCCCON1CCCC(C)C1.CN1C(=O)C(CCC2CCCCC2)N=C1N. The number of piperidine rings is 1. The van der Waals surface area contributed by atoms with Crippen molar-refractivity contribution in [3.05, 3.63) is 0 Å². The maximum Gasteiger partial charge on any atom is 0.253 e. The fourth-order valence-electron chi connectivity index (χ4n) is 4.30. The van der Waals surface area contributed by atoms with E-state index in [1.807, 2.05) is 0 Å². The molecule has 0 bridgehead atoms. The number of nitrogens with two attached hydrogens (primary N) is 1. The van der Waals surface area contributed by atoms with Gasteiger partial charge in [0.2, 0.25) is 0 Å². The van der Waals surface area contributed by atoms with E-state index in [0.29, 0.717) is 5.96 Å². The van der Waals surface area contributed by atoms with Crippen LogP contribution >= 0.6 is 0 Å². The fraction of sp³-hybridized carbons (Fsp3) is 0.909. The molecule has 1 saturated carbocycles. The summed E-state index contributed by atoms with van der Waals surface area (Å²) in [6.07, 6.45) is 13.8. The van der Waals surface area contributed by atoms with Gasteiger partial charge in [0.15, 0.2) is 5.96 Å². The van der Waals surface area contributed by atoms with Gasteiger partial charge in [-0.15, -0.1) is 0 Å². The minimum atomic E-state index is -0.202. The van der Waals surface area contributed by atoms with Gasteiger partial charge in [0.1, 0.15) is 6.04 Å². The number of nitrogens with zero attached hydrogens (tertiary/aromatic N) is 3. The quantitative estimate of drug-likeness (QED) is 0.664. The van der Waals surface area contributed by atoms with Gasteiger partial charge in [-0.2, -0.15) is 5.06 Å². The monoisotopic (exact) mass is 394 g/mol. The first-order valence-electron chi connectivity index (χ1n) is 11.5. The Morgan fingerprint density at radius 2 is 1.89 bits per heavy atom. The summed E-state index contributed by atoms with van der Waals surface area (Å²) < 4.78 is 0. The van der Waals surface area contributed by atoms with Crippen LogP contribution in [0.5, 0.6) is 0 Å². The predicted molar refractivity (Wildman–Crippen MR) is 115 cm³/mol. The van der Waals surface area contributed by atoms with Crippen molar-refractivity contribution in [2.24, 2.45) is 22.6 Å². The minimum absolute atomic E-state index is 0.0632. The van der Waals surface area contributed by atoms with Crippen molar-refractivity contribution in [3.63, 3.8) is 0 Å². The number of likely N-dealkylation sites (N-methyl/N-ethyl adjacent to an activating group) is 1. The molecule has 3 rings (SSSR count). The van der Waals surface area contributed by atoms with Gasteiger partial charge in [0.05, 0.1) is 6.61 Å². The third kappa shape index (κ3) is 7.70. The van der Waals surface area contributed by atoms with E-state index < -0.39 is 0 Å². The lowest BCUT2D eigenvalue weighted by molar-refractivity contribution is -0.177. The maximum atomic E-state index is 11.7. The largest absolute Gasteiger partial charge is 0.369 e. The molecule has 2 atom stereocenters. The molecule has 0 radical (unpaired) electrons. The number of amides is 1. The van der Waals surface area contributed by atoms with E-state index in [0.717, 1.165) is 44.4 Å². The van der Waals surface area contributed by atoms with Crippen LogP contribution in [0, 0.1) is 11.8 Å². The van der Waals surface area contributed by atoms with Gasteiger partial charge in [-0.3, -0.25) is 14.5 Å². The molecule has 2 fully saturated rings. The molecule has 3 aliphatic rings. The van der Waals surface area contributed by atoms with Crippen molar-refractivity contribution >= 4 is 11.9 Å². The predicted octanol–water partition coefficient (Wildman–Crippen LogP) is 3.95. The molecule has 162 valence electrons. The highest BCUT2D eigenvalue weighted by Gasteiger charge is 2.30. The first-order chi connectivity index (χ1) is 13.5. The standard InChI is InChI=1S/C12H21N3O.C10H21NO/c1-15-11(16)10(14-12(15)13)8-7-9-5-3-2-4-6-9;1-3-4-8-12-11-7-5-6-10(2)9-11/h9-10H,2-8H2,1H3,(H2,13,14);10H,3-9H2,1-2H3. The van der Waals surface area contributed by atoms with Crippen molar-refractivity contribution in [1.82, 2.24) is 9.96 Å². The van der Waals surface area contributed by atoms with E-state index in [4.69, 9.17) is 10.6 Å². The van der Waals surface area contributed by atoms with Crippen LogP contribution in [0.4, 0.5) is 0 Å². The van der Waals surface area contributed by atoms with Crippen LogP contribution in [-0.4, -0.2) is 54.6 Å². The zero-order valence-corrected chi connectivity index (χ0v) is 18.4. The number of aliphatic imine (C=N–C) groups is 1. The van der Waals surface area contributed by atoms with Crippen molar-refractivity contribution in [1.29, 1.82) is 0 Å². The number of unbranched alkanes of at least 4 members (excludes halogenated alkanes) is 1. The molecule has 2 N–H and O–H groups in total. The maximum absolute atomic E-state index is 11.7. The summed E-state index contributed by atoms with van der Waals surface area (Å²) >= 11 is 0. The molecule has 1 saturated heterocycles. The number of carbonyl (C=O) groups excluding carboxylic acids is 1. The van der Waals surface area contributed by atoms with Gasteiger partial charge in [-0.25, -0.2) is 4.99 Å². The molecule has 0 aromatic heterocycles. The Morgan fingerprint density at radius 1 is 1.14 bits per heavy atom. The molecule has 2 aliphatic heterocycles. The number of hydrogen-bond acceptors (Lipinski definition) is 5. The molecule has 1 amide bonds. The molecule has 0 aromatic carbocycles. The molecule has 2 unspecified atom stereocenters. The van der Waals surface area contributed by atoms with E-state index in [1.54, 1.807) is 7.05 Å². The molecule has 1 aliphatic carbocycles. The lowest BCUT2D eigenvalue weighted by atomic mass is 9.85. The van der Waals surface area contributed by atoms with Crippen LogP contribution in [0.3, 0.4) is 0 Å². The number of rotatable bonds is 7. The first kappa shape index (κ1) is 23.1. The van der Waals surface area contributed by atoms with Gasteiger partial charge in [-0.05, 0) is 43.9 Å². The molecule has 2 heterocycles. The summed E-state index contributed by atoms with van der Waals surface area (Å²) in [5, 5.41) is 2.14. The second-order valence-corrected chi connectivity index (χ2v) is 8.80. The molecule has 6 heteroatoms. The van der Waals surface area contributed by atoms with Crippen molar-refractivity contribution < 1.29 is 9.63 Å². The summed E-state index contributed by atoms with van der Waals surface area (Å²) in [4.78, 5) is 23.0. The summed E-state index contributed by atoms with van der Waals surface area (Å²) in [6, 6.07) is -0.202. The van der Waals surface area contributed by atoms with Gasteiger partial charge < -0.3 is 5.73 Å². The Hall–Kier alpha value is -1.14. The Balaban J connectivity index is 0.000000209. The fourth-order valence-corrected chi connectivity index (χ4v) is 4.30. The summed E-state index contributed by atoms with van der Waals surface area (Å²) in [5.41, 5.74) is 5.62. The van der Waals surface area contributed by atoms with Gasteiger partial charge in [0, 0.05) is 20.1 Å². The lowest BCUT2D eigenvalue weighted by Gasteiger charge is -2.29. The topological polar surface area (TPSA) is 71.2 Å². The zero-order valence-electron chi connectivity index (χ0n) is 18.4. The van der Waals surface area contributed by atoms with Gasteiger partial charge in [-0.1, -0.05) is 52.4 Å². The minimum Gasteiger partial charge on any atom is -0.369 e. The van der Waals surface area contributed by atoms with Gasteiger partial charge in [0.25, 0.3) is 5.91 Å². The number of hydroxylamine groups is 2. The van der Waals surface area contributed by atoms with Crippen molar-refractivity contribution in [3.8, 4) is 0 Å². The smallest absolute Gasteiger partial charge is 0.253 e. The Bertz CT molecular complexity index is 491. The number of carbonyl (C=O) groups is 1. The molecule has 0 spiro atoms. The van der Waals surface area contributed by atoms with E-state index >= 15 is 0 Å². The molecular formula is C22H42N4O2. The van der Waals surface area contributed by atoms with Crippen LogP contribution in [-0.2, 0) is 9.63 Å². The summed E-state index contributed by atoms with van der Waals surface area (Å²) in [7, 11) is 1.70. The normalized spacial score (nSPS) is 26.8. The highest BCUT2D eigenvalue weighted by atomic mass is 16.7. The Kier molecular flexibility index (Phi) is 10.3. The molecule has 6 nitrogen and oxygen atoms in total. The second kappa shape index (κ2) is 12.4. The van der Waals surface area contributed by atoms with E-state index in [2.05, 4.69) is 23.9 Å². The molecule has 0 aromatic rings. The Labute approximate surface area is 171 Å². The second-order valence-electron chi connectivity index (χ2n) is 8.80. The summed E-state index contributed by atoms with van der Waals surface area (Å²) in [6.45, 7) is 7.67. The number of hydrogen-bond donors (Lipinski definition) is 1. The van der Waals surface area contributed by atoms with E-state index in [1.165, 1.54) is 62.7 Å². The lowest BCUT2D eigenvalue weighted by Crippen LogP contribution is -2.35. The van der Waals surface area contributed by atoms with Crippen LogP contribution in [0.1, 0.15) is 84.5 Å². The van der Waals surface area contributed by atoms with Crippen LogP contribution in [0.15, 0.2) is 4.99 Å². The van der Waals surface area contributed by atoms with E-state index in [9.17, 15) is 4.79 Å². The van der Waals surface area contributed by atoms with Crippen molar-refractivity contribution in [2.75, 3.05) is 26.7 Å². The van der Waals surface area contributed by atoms with Gasteiger partial charge >= 0.3 is 0 Å². The number of guanidine groups is 1. The van der Waals surface area contributed by atoms with Crippen LogP contribution in [0.2, 0.25) is 0 Å². The third-order valence-electron chi connectivity index (χ3n) is 6.21. The summed E-state index contributed by atoms with van der Waals surface area (Å²) in [5.74, 6) is 2.07. The van der Waals surface area contributed by atoms with Crippen LogP contribution in [0.25, 0.3) is 0 Å². The average Bonchev–Trinajstić information content (AvgIpc) is 2.95. The Morgan fingerprint density at radius 3 is 2.50 bits per heavy atom. The average molecular weight is 395 g/mol. The molecular weight excluding hydrogens is 352 g/mol. The third-order valence-corrected chi connectivity index (χ3v) is 6.21. The molecule has 28 heavy (non-hydrogen) atoms. The highest BCUT2D eigenvalue weighted by molar-refractivity contribution is 6.03. The van der Waals surface area contributed by atoms with E-state index in [-0.39, 0.29) is 11.9 Å². The zero-order chi connectivity index (χ0) is 20.4. The van der Waals surface area contributed by atoms with Crippen molar-refractivity contribution in [2.45, 2.75) is 90.5 Å². The first-order valence-corrected chi connectivity index (χ1v) is 11.5.